The fraction of sp³-hybridized carbons (Fsp3) is 0.625. The van der Waals surface area contributed by atoms with Crippen LogP contribution in [0.3, 0.4) is 0 Å². The summed E-state index contributed by atoms with van der Waals surface area (Å²) in [5.74, 6) is 0. The van der Waals surface area contributed by atoms with E-state index in [1.165, 1.54) is 0 Å². The van der Waals surface area contributed by atoms with Gasteiger partial charge in [-0.15, -0.1) is 0 Å². The van der Waals surface area contributed by atoms with Crippen LogP contribution in [0.5, 0.6) is 0 Å². The maximum Gasteiger partial charge on any atom is 0.410 e. The van der Waals surface area contributed by atoms with Gasteiger partial charge >= 0.3 is 6.09 Å². The summed E-state index contributed by atoms with van der Waals surface area (Å²) in [6.07, 6.45) is 3.70. The molecule has 0 bridgehead atoms. The van der Waals surface area contributed by atoms with Gasteiger partial charge in [-0.3, -0.25) is 0 Å². The lowest BCUT2D eigenvalue weighted by atomic mass is 10.1. The summed E-state index contributed by atoms with van der Waals surface area (Å²) < 4.78 is 6.28. The number of carbonyl (C=O) groups excluding carboxylic acids is 1. The van der Waals surface area contributed by atoms with Crippen molar-refractivity contribution in [2.75, 3.05) is 13.1 Å². The molecule has 1 aromatic rings. The van der Waals surface area contributed by atoms with Crippen LogP contribution in [0, 0.1) is 0 Å². The predicted molar refractivity (Wildman–Crippen MR) is 89.6 cm³/mol. The highest BCUT2D eigenvalue weighted by Gasteiger charge is 2.27. The Kier molecular flexibility index (Phi) is 5.81. The lowest BCUT2D eigenvalue weighted by Crippen LogP contribution is -2.49. The highest BCUT2D eigenvalue weighted by atomic mass is 79.9. The Hall–Kier alpha value is -1.14. The molecule has 122 valence electrons. The van der Waals surface area contributed by atoms with Crippen molar-refractivity contribution in [1.29, 1.82) is 0 Å². The number of hydrogen-bond donors (Lipinski definition) is 1. The van der Waals surface area contributed by atoms with Crippen molar-refractivity contribution in [2.24, 2.45) is 0 Å². The zero-order chi connectivity index (χ0) is 16.2. The normalized spacial score (nSPS) is 19.1. The van der Waals surface area contributed by atoms with E-state index in [9.17, 15) is 4.79 Å². The first kappa shape index (κ1) is 17.2. The third kappa shape index (κ3) is 5.57. The summed E-state index contributed by atoms with van der Waals surface area (Å²) in [6.45, 7) is 7.90. The van der Waals surface area contributed by atoms with Crippen molar-refractivity contribution < 1.29 is 9.53 Å². The van der Waals surface area contributed by atoms with Gasteiger partial charge in [-0.1, -0.05) is 6.07 Å². The minimum Gasteiger partial charge on any atom is -0.444 e. The standard InChI is InChI=1S/C16H24BrN3O2/c1-16(2,3)22-15(21)20-8-4-5-13(11-20)18-9-12-6-7-14(17)19-10-12/h6-7,10,13,18H,4-5,8-9,11H2,1-3H3/t13-/m0/s1. The third-order valence-corrected chi connectivity index (χ3v) is 3.93. The Morgan fingerprint density at radius 1 is 1.50 bits per heavy atom. The summed E-state index contributed by atoms with van der Waals surface area (Å²) in [5.41, 5.74) is 0.693. The number of nitrogens with one attached hydrogen (secondary N) is 1. The zero-order valence-corrected chi connectivity index (χ0v) is 15.0. The number of piperidine rings is 1. The van der Waals surface area contributed by atoms with E-state index in [1.54, 1.807) is 4.90 Å². The van der Waals surface area contributed by atoms with E-state index in [1.807, 2.05) is 39.1 Å². The van der Waals surface area contributed by atoms with Gasteiger partial charge in [0, 0.05) is 31.9 Å². The first-order valence-corrected chi connectivity index (χ1v) is 8.44. The monoisotopic (exact) mass is 369 g/mol. The van der Waals surface area contributed by atoms with E-state index < -0.39 is 5.60 Å². The van der Waals surface area contributed by atoms with Gasteiger partial charge in [0.15, 0.2) is 0 Å². The molecule has 2 rings (SSSR count). The molecule has 1 aromatic heterocycles. The maximum atomic E-state index is 12.1. The second-order valence-electron chi connectivity index (χ2n) is 6.64. The van der Waals surface area contributed by atoms with Crippen molar-refractivity contribution in [3.05, 3.63) is 28.5 Å². The lowest BCUT2D eigenvalue weighted by molar-refractivity contribution is 0.0187. The van der Waals surface area contributed by atoms with Crippen molar-refractivity contribution in [3.8, 4) is 0 Å². The summed E-state index contributed by atoms with van der Waals surface area (Å²) in [6, 6.07) is 4.27. The van der Waals surface area contributed by atoms with Crippen molar-refractivity contribution in [1.82, 2.24) is 15.2 Å². The number of halogens is 1. The lowest BCUT2D eigenvalue weighted by Gasteiger charge is -2.34. The maximum absolute atomic E-state index is 12.1. The van der Waals surface area contributed by atoms with E-state index in [0.717, 1.165) is 36.1 Å². The van der Waals surface area contributed by atoms with E-state index in [2.05, 4.69) is 26.2 Å². The van der Waals surface area contributed by atoms with Crippen LogP contribution in [0.4, 0.5) is 4.79 Å². The molecule has 1 amide bonds. The molecule has 5 nitrogen and oxygen atoms in total. The van der Waals surface area contributed by atoms with Crippen LogP contribution in [-0.4, -0.2) is 40.7 Å². The van der Waals surface area contributed by atoms with Gasteiger partial charge in [-0.05, 0) is 61.2 Å². The molecule has 1 fully saturated rings. The molecule has 1 atom stereocenters. The van der Waals surface area contributed by atoms with E-state index >= 15 is 0 Å². The van der Waals surface area contributed by atoms with Gasteiger partial charge in [0.05, 0.1) is 0 Å². The molecule has 22 heavy (non-hydrogen) atoms. The Labute approximate surface area is 140 Å². The predicted octanol–water partition coefficient (Wildman–Crippen LogP) is 3.33. The first-order chi connectivity index (χ1) is 10.3. The molecule has 6 heteroatoms. The highest BCUT2D eigenvalue weighted by Crippen LogP contribution is 2.16. The second-order valence-corrected chi connectivity index (χ2v) is 7.45. The van der Waals surface area contributed by atoms with Crippen LogP contribution < -0.4 is 5.32 Å². The molecule has 0 aromatic carbocycles. The minimum atomic E-state index is -0.444. The van der Waals surface area contributed by atoms with E-state index in [-0.39, 0.29) is 6.09 Å². The molecule has 1 aliphatic rings. The van der Waals surface area contributed by atoms with E-state index in [0.29, 0.717) is 12.6 Å². The summed E-state index contributed by atoms with van der Waals surface area (Å²) >= 11 is 3.33. The molecule has 1 aliphatic heterocycles. The first-order valence-electron chi connectivity index (χ1n) is 7.65. The van der Waals surface area contributed by atoms with E-state index in [4.69, 9.17) is 4.74 Å². The molecular formula is C16H24BrN3O2. The average molecular weight is 370 g/mol. The fourth-order valence-corrected chi connectivity index (χ4v) is 2.64. The molecule has 1 N–H and O–H groups in total. The fourth-order valence-electron chi connectivity index (χ4n) is 2.41. The average Bonchev–Trinajstić information content (AvgIpc) is 2.45. The van der Waals surface area contributed by atoms with Gasteiger partial charge in [-0.2, -0.15) is 0 Å². The Morgan fingerprint density at radius 2 is 2.27 bits per heavy atom. The number of aromatic nitrogens is 1. The number of carbonyl (C=O) groups is 1. The number of amides is 1. The minimum absolute atomic E-state index is 0.218. The number of rotatable bonds is 3. The summed E-state index contributed by atoms with van der Waals surface area (Å²) in [7, 11) is 0. The van der Waals surface area contributed by atoms with Crippen molar-refractivity contribution >= 4 is 22.0 Å². The number of hydrogen-bond acceptors (Lipinski definition) is 4. The van der Waals surface area contributed by atoms with Gasteiger partial charge < -0.3 is 15.0 Å². The Bertz CT molecular complexity index is 499. The number of nitrogens with zero attached hydrogens (tertiary/aromatic N) is 2. The van der Waals surface area contributed by atoms with Crippen LogP contribution in [-0.2, 0) is 11.3 Å². The quantitative estimate of drug-likeness (QED) is 0.830. The summed E-state index contributed by atoms with van der Waals surface area (Å²) in [5, 5.41) is 3.50. The number of ether oxygens (including phenoxy) is 1. The van der Waals surface area contributed by atoms with Gasteiger partial charge in [0.25, 0.3) is 0 Å². The third-order valence-electron chi connectivity index (χ3n) is 3.46. The zero-order valence-electron chi connectivity index (χ0n) is 13.4. The van der Waals surface area contributed by atoms with Crippen LogP contribution in [0.1, 0.15) is 39.2 Å². The number of pyridine rings is 1. The van der Waals surface area contributed by atoms with Crippen molar-refractivity contribution in [2.45, 2.75) is 51.8 Å². The molecule has 0 unspecified atom stereocenters. The smallest absolute Gasteiger partial charge is 0.410 e. The molecule has 0 spiro atoms. The van der Waals surface area contributed by atoms with Crippen LogP contribution in [0.2, 0.25) is 0 Å². The van der Waals surface area contributed by atoms with Gasteiger partial charge in [0.2, 0.25) is 0 Å². The molecule has 2 heterocycles. The largest absolute Gasteiger partial charge is 0.444 e. The number of likely N-dealkylation sites (tertiary alicyclic amines) is 1. The van der Waals surface area contributed by atoms with Crippen LogP contribution in [0.15, 0.2) is 22.9 Å². The van der Waals surface area contributed by atoms with Crippen molar-refractivity contribution in [3.63, 3.8) is 0 Å². The molecule has 1 saturated heterocycles. The second kappa shape index (κ2) is 7.42. The molecular weight excluding hydrogens is 346 g/mol. The topological polar surface area (TPSA) is 54.5 Å². The summed E-state index contributed by atoms with van der Waals surface area (Å²) in [4.78, 5) is 18.1. The van der Waals surface area contributed by atoms with Crippen LogP contribution in [0.25, 0.3) is 0 Å². The van der Waals surface area contributed by atoms with Gasteiger partial charge in [-0.25, -0.2) is 9.78 Å². The molecule has 0 aliphatic carbocycles. The molecule has 0 saturated carbocycles. The SMILES string of the molecule is CC(C)(C)OC(=O)N1CCC[C@H](NCc2ccc(Br)nc2)C1. The Balaban J connectivity index is 1.82. The van der Waals surface area contributed by atoms with Gasteiger partial charge in [0.1, 0.15) is 10.2 Å². The van der Waals surface area contributed by atoms with Crippen LogP contribution >= 0.6 is 15.9 Å². The molecule has 0 radical (unpaired) electrons. The Morgan fingerprint density at radius 3 is 2.91 bits per heavy atom. The highest BCUT2D eigenvalue weighted by molar-refractivity contribution is 9.10.